The van der Waals surface area contributed by atoms with Crippen LogP contribution in [-0.4, -0.2) is 32.3 Å². The summed E-state index contributed by atoms with van der Waals surface area (Å²) in [5.41, 5.74) is 1.16. The first-order valence-corrected chi connectivity index (χ1v) is 6.49. The van der Waals surface area contributed by atoms with Gasteiger partial charge in [0, 0.05) is 5.69 Å². The van der Waals surface area contributed by atoms with E-state index in [1.165, 1.54) is 0 Å². The summed E-state index contributed by atoms with van der Waals surface area (Å²) in [5, 5.41) is 3.97. The number of nitrogens with zero attached hydrogens (tertiary/aromatic N) is 1. The number of hydrazine groups is 1. The fourth-order valence-electron chi connectivity index (χ4n) is 1.48. The topological polar surface area (TPSA) is 78.5 Å². The number of carbonyl (C=O) groups excluding carboxylic acids is 1. The lowest BCUT2D eigenvalue weighted by Crippen LogP contribution is -2.50. The number of rotatable bonds is 2. The zero-order chi connectivity index (χ0) is 11.8. The summed E-state index contributed by atoms with van der Waals surface area (Å²) >= 11 is 0. The average molecular weight is 241 g/mol. The minimum absolute atomic E-state index is 0.114. The number of nitrogens with one attached hydrogen (secondary N) is 2. The molecule has 0 atom stereocenters. The molecule has 7 heteroatoms. The molecule has 0 saturated heterocycles. The summed E-state index contributed by atoms with van der Waals surface area (Å²) in [5.74, 6) is -0.361. The molecule has 0 radical (unpaired) electrons. The molecule has 0 saturated carbocycles. The largest absolute Gasteiger partial charge is 0.366 e. The predicted molar refractivity (Wildman–Crippen MR) is 59.1 cm³/mol. The molecule has 0 bridgehead atoms. The fraction of sp³-hybridized carbons (Fsp3) is 0.222. The highest BCUT2D eigenvalue weighted by atomic mass is 32.2. The van der Waals surface area contributed by atoms with Crippen LogP contribution in [0.3, 0.4) is 0 Å². The van der Waals surface area contributed by atoms with Gasteiger partial charge in [-0.15, -0.1) is 4.83 Å². The number of hydrogen-bond acceptors (Lipinski definition) is 4. The van der Waals surface area contributed by atoms with E-state index >= 15 is 0 Å². The van der Waals surface area contributed by atoms with Crippen LogP contribution in [0.5, 0.6) is 0 Å². The van der Waals surface area contributed by atoms with Crippen LogP contribution in [0.2, 0.25) is 0 Å². The Morgan fingerprint density at radius 1 is 1.38 bits per heavy atom. The molecule has 6 nitrogen and oxygen atoms in total. The minimum Gasteiger partial charge on any atom is -0.366 e. The number of hydrogen-bond donors (Lipinski definition) is 2. The van der Waals surface area contributed by atoms with Crippen LogP contribution in [0, 0.1) is 0 Å². The molecule has 2 rings (SSSR count). The lowest BCUT2D eigenvalue weighted by Gasteiger charge is -2.28. The van der Waals surface area contributed by atoms with E-state index in [1.807, 2.05) is 0 Å². The first-order valence-electron chi connectivity index (χ1n) is 4.59. The van der Waals surface area contributed by atoms with Gasteiger partial charge in [0.15, 0.2) is 0 Å². The number of carbonyl (C=O) groups is 1. The van der Waals surface area contributed by atoms with Crippen molar-refractivity contribution >= 4 is 21.6 Å². The number of sulfonamides is 1. The van der Waals surface area contributed by atoms with Crippen LogP contribution in [0.1, 0.15) is 10.4 Å². The van der Waals surface area contributed by atoms with E-state index in [0.717, 1.165) is 11.3 Å². The molecule has 1 heterocycles. The van der Waals surface area contributed by atoms with Gasteiger partial charge in [0.1, 0.15) is 6.67 Å². The molecule has 1 aromatic carbocycles. The Hall–Kier alpha value is -1.60. The normalized spacial score (nSPS) is 15.6. The molecule has 1 aromatic rings. The Kier molecular flexibility index (Phi) is 2.56. The molecule has 0 aromatic heterocycles. The molecule has 0 aliphatic carbocycles. The minimum atomic E-state index is -3.44. The van der Waals surface area contributed by atoms with Gasteiger partial charge in [0.2, 0.25) is 10.0 Å². The van der Waals surface area contributed by atoms with Gasteiger partial charge in [0.25, 0.3) is 5.91 Å². The van der Waals surface area contributed by atoms with Crippen molar-refractivity contribution in [2.75, 3.05) is 18.2 Å². The third-order valence-electron chi connectivity index (χ3n) is 2.11. The molecule has 0 spiro atoms. The second kappa shape index (κ2) is 3.76. The molecule has 2 N–H and O–H groups in total. The lowest BCUT2D eigenvalue weighted by molar-refractivity contribution is 0.0722. The van der Waals surface area contributed by atoms with Gasteiger partial charge in [-0.2, -0.15) is 0 Å². The highest BCUT2D eigenvalue weighted by molar-refractivity contribution is 7.88. The summed E-state index contributed by atoms with van der Waals surface area (Å²) in [7, 11) is -3.44. The second-order valence-electron chi connectivity index (χ2n) is 3.48. The average Bonchev–Trinajstić information content (AvgIpc) is 2.21. The number of para-hydroxylation sites is 1. The summed E-state index contributed by atoms with van der Waals surface area (Å²) in [4.78, 5) is 14.0. The van der Waals surface area contributed by atoms with E-state index in [-0.39, 0.29) is 12.6 Å². The SMILES string of the molecule is CS(=O)(=O)NN1CNc2ccccc2C1=O. The molecule has 0 fully saturated rings. The van der Waals surface area contributed by atoms with Crippen molar-refractivity contribution in [3.8, 4) is 0 Å². The monoisotopic (exact) mass is 241 g/mol. The van der Waals surface area contributed by atoms with Gasteiger partial charge in [-0.25, -0.2) is 13.4 Å². The van der Waals surface area contributed by atoms with Crippen molar-refractivity contribution in [1.29, 1.82) is 0 Å². The summed E-state index contributed by atoms with van der Waals surface area (Å²) in [6.45, 7) is 0.114. The van der Waals surface area contributed by atoms with E-state index in [0.29, 0.717) is 11.3 Å². The second-order valence-corrected chi connectivity index (χ2v) is 5.20. The summed E-state index contributed by atoms with van der Waals surface area (Å²) in [6, 6.07) is 6.94. The van der Waals surface area contributed by atoms with Crippen LogP contribution in [0.4, 0.5) is 5.69 Å². The maximum atomic E-state index is 11.9. The fourth-order valence-corrected chi connectivity index (χ4v) is 2.03. The standard InChI is InChI=1S/C9H11N3O3S/c1-16(14,15)11-12-6-10-8-5-3-2-4-7(8)9(12)13/h2-5,10-11H,6H2,1H3. The van der Waals surface area contributed by atoms with Gasteiger partial charge in [-0.05, 0) is 12.1 Å². The predicted octanol–water partition coefficient (Wildman–Crippen LogP) is -0.0240. The number of anilines is 1. The zero-order valence-corrected chi connectivity index (χ0v) is 9.41. The highest BCUT2D eigenvalue weighted by Gasteiger charge is 2.25. The Bertz CT molecular complexity index is 527. The maximum Gasteiger partial charge on any atom is 0.272 e. The van der Waals surface area contributed by atoms with Crippen LogP contribution in [-0.2, 0) is 10.0 Å². The first kappa shape index (κ1) is 10.9. The van der Waals surface area contributed by atoms with Crippen LogP contribution in [0.15, 0.2) is 24.3 Å². The molecule has 1 aliphatic heterocycles. The molecule has 86 valence electrons. The molecule has 1 aliphatic rings. The quantitative estimate of drug-likeness (QED) is 0.762. The Labute approximate surface area is 93.3 Å². The van der Waals surface area contributed by atoms with Crippen molar-refractivity contribution in [2.24, 2.45) is 0 Å². The van der Waals surface area contributed by atoms with E-state index in [4.69, 9.17) is 0 Å². The number of fused-ring (bicyclic) bond motifs is 1. The van der Waals surface area contributed by atoms with Gasteiger partial charge in [0.05, 0.1) is 11.8 Å². The van der Waals surface area contributed by atoms with E-state index in [9.17, 15) is 13.2 Å². The molecular weight excluding hydrogens is 230 g/mol. The molecule has 16 heavy (non-hydrogen) atoms. The van der Waals surface area contributed by atoms with Gasteiger partial charge in [-0.1, -0.05) is 12.1 Å². The van der Waals surface area contributed by atoms with Gasteiger partial charge < -0.3 is 5.32 Å². The highest BCUT2D eigenvalue weighted by Crippen LogP contribution is 2.20. The van der Waals surface area contributed by atoms with Crippen molar-refractivity contribution in [2.45, 2.75) is 0 Å². The third-order valence-corrected chi connectivity index (χ3v) is 2.66. The van der Waals surface area contributed by atoms with Crippen LogP contribution in [0.25, 0.3) is 0 Å². The van der Waals surface area contributed by atoms with E-state index < -0.39 is 10.0 Å². The van der Waals surface area contributed by atoms with Crippen molar-refractivity contribution in [3.63, 3.8) is 0 Å². The Morgan fingerprint density at radius 2 is 2.06 bits per heavy atom. The lowest BCUT2D eigenvalue weighted by atomic mass is 10.1. The maximum absolute atomic E-state index is 11.9. The summed E-state index contributed by atoms with van der Waals surface area (Å²) < 4.78 is 22.0. The van der Waals surface area contributed by atoms with Gasteiger partial charge in [-0.3, -0.25) is 4.79 Å². The van der Waals surface area contributed by atoms with Crippen molar-refractivity contribution in [3.05, 3.63) is 29.8 Å². The van der Waals surface area contributed by atoms with E-state index in [2.05, 4.69) is 10.1 Å². The molecule has 1 amide bonds. The third kappa shape index (κ3) is 2.15. The van der Waals surface area contributed by atoms with Crippen molar-refractivity contribution < 1.29 is 13.2 Å². The first-order chi connectivity index (χ1) is 7.47. The Morgan fingerprint density at radius 3 is 2.75 bits per heavy atom. The zero-order valence-electron chi connectivity index (χ0n) is 8.60. The number of benzene rings is 1. The Balaban J connectivity index is 2.28. The van der Waals surface area contributed by atoms with Crippen LogP contribution < -0.4 is 10.1 Å². The summed E-state index contributed by atoms with van der Waals surface area (Å²) in [6.07, 6.45) is 1.00. The molecular formula is C9H11N3O3S. The van der Waals surface area contributed by atoms with E-state index in [1.54, 1.807) is 24.3 Å². The van der Waals surface area contributed by atoms with Gasteiger partial charge >= 0.3 is 0 Å². The molecule has 0 unspecified atom stereocenters. The van der Waals surface area contributed by atoms with Crippen molar-refractivity contribution in [1.82, 2.24) is 9.84 Å². The van der Waals surface area contributed by atoms with Crippen LogP contribution >= 0.6 is 0 Å². The smallest absolute Gasteiger partial charge is 0.272 e. The number of amides is 1.